The Hall–Kier alpha value is -3.51. The van der Waals surface area contributed by atoms with Crippen molar-refractivity contribution in [2.24, 2.45) is 0 Å². The van der Waals surface area contributed by atoms with Crippen molar-refractivity contribution in [1.29, 1.82) is 0 Å². The molecule has 0 spiro atoms. The summed E-state index contributed by atoms with van der Waals surface area (Å²) in [4.78, 5) is 24.5. The van der Waals surface area contributed by atoms with E-state index in [0.29, 0.717) is 22.5 Å². The molecular weight excluding hydrogens is 358 g/mol. The van der Waals surface area contributed by atoms with Crippen molar-refractivity contribution in [3.8, 4) is 0 Å². The summed E-state index contributed by atoms with van der Waals surface area (Å²) in [7, 11) is 0. The molecule has 3 N–H and O–H groups in total. The van der Waals surface area contributed by atoms with Crippen LogP contribution in [0.2, 0.25) is 0 Å². The van der Waals surface area contributed by atoms with Gasteiger partial charge in [-0.2, -0.15) is 0 Å². The zero-order valence-corrected chi connectivity index (χ0v) is 15.1. The van der Waals surface area contributed by atoms with Crippen LogP contribution >= 0.6 is 12.2 Å². The molecule has 134 valence electrons. The monoisotopic (exact) mass is 375 g/mol. The molecule has 3 aromatic rings. The molecule has 0 unspecified atom stereocenters. The number of anilines is 2. The van der Waals surface area contributed by atoms with Crippen LogP contribution < -0.4 is 16.0 Å². The predicted molar refractivity (Wildman–Crippen MR) is 111 cm³/mol. The number of carbonyl (C=O) groups is 2. The number of benzene rings is 3. The number of hydrogen-bond donors (Lipinski definition) is 3. The van der Waals surface area contributed by atoms with Crippen molar-refractivity contribution < 1.29 is 9.59 Å². The minimum Gasteiger partial charge on any atom is -0.332 e. The summed E-state index contributed by atoms with van der Waals surface area (Å²) >= 11 is 5.18. The van der Waals surface area contributed by atoms with Gasteiger partial charge in [0.05, 0.1) is 0 Å². The van der Waals surface area contributed by atoms with Crippen LogP contribution in [-0.2, 0) is 0 Å². The van der Waals surface area contributed by atoms with Crippen molar-refractivity contribution in [1.82, 2.24) is 5.32 Å². The van der Waals surface area contributed by atoms with E-state index in [0.717, 1.165) is 0 Å². The first-order chi connectivity index (χ1) is 13.1. The molecule has 0 aliphatic heterocycles. The molecule has 0 aliphatic rings. The lowest BCUT2D eigenvalue weighted by Gasteiger charge is -2.11. The molecule has 0 aliphatic carbocycles. The molecule has 0 aromatic heterocycles. The van der Waals surface area contributed by atoms with Crippen LogP contribution in [0.5, 0.6) is 0 Å². The first-order valence-electron chi connectivity index (χ1n) is 8.26. The Balaban J connectivity index is 1.62. The molecule has 0 atom stereocenters. The van der Waals surface area contributed by atoms with E-state index >= 15 is 0 Å². The van der Waals surface area contributed by atoms with E-state index in [2.05, 4.69) is 16.0 Å². The Morgan fingerprint density at radius 3 is 1.93 bits per heavy atom. The average molecular weight is 375 g/mol. The Bertz CT molecular complexity index is 959. The number of amides is 2. The van der Waals surface area contributed by atoms with Crippen LogP contribution in [0.3, 0.4) is 0 Å². The van der Waals surface area contributed by atoms with E-state index in [1.54, 1.807) is 48.5 Å². The largest absolute Gasteiger partial charge is 0.332 e. The molecule has 6 heteroatoms. The molecule has 0 radical (unpaired) electrons. The van der Waals surface area contributed by atoms with Crippen molar-refractivity contribution in [2.45, 2.75) is 0 Å². The van der Waals surface area contributed by atoms with Crippen LogP contribution in [-0.4, -0.2) is 16.9 Å². The van der Waals surface area contributed by atoms with E-state index in [9.17, 15) is 9.59 Å². The molecular formula is C21H17N3O2S. The summed E-state index contributed by atoms with van der Waals surface area (Å²) in [6, 6.07) is 24.9. The average Bonchev–Trinajstić information content (AvgIpc) is 2.69. The fourth-order valence-electron chi connectivity index (χ4n) is 2.39. The topological polar surface area (TPSA) is 70.2 Å². The highest BCUT2D eigenvalue weighted by Crippen LogP contribution is 2.13. The maximum atomic E-state index is 12.4. The second-order valence-corrected chi connectivity index (χ2v) is 6.08. The van der Waals surface area contributed by atoms with Crippen molar-refractivity contribution in [3.63, 3.8) is 0 Å². The zero-order valence-electron chi connectivity index (χ0n) is 14.3. The summed E-state index contributed by atoms with van der Waals surface area (Å²) in [6.07, 6.45) is 0. The SMILES string of the molecule is O=C(NC(=S)Nc1cccc(C(=O)Nc2ccccc2)c1)c1ccccc1. The lowest BCUT2D eigenvalue weighted by molar-refractivity contribution is 0.0976. The van der Waals surface area contributed by atoms with Gasteiger partial charge >= 0.3 is 0 Å². The quantitative estimate of drug-likeness (QED) is 0.601. The fourth-order valence-corrected chi connectivity index (χ4v) is 2.60. The van der Waals surface area contributed by atoms with E-state index in [-0.39, 0.29) is 16.9 Å². The molecule has 0 bridgehead atoms. The molecule has 0 saturated heterocycles. The van der Waals surface area contributed by atoms with Gasteiger partial charge in [-0.15, -0.1) is 0 Å². The molecule has 0 heterocycles. The smallest absolute Gasteiger partial charge is 0.257 e. The molecule has 3 rings (SSSR count). The fraction of sp³-hybridized carbons (Fsp3) is 0. The highest BCUT2D eigenvalue weighted by molar-refractivity contribution is 7.80. The van der Waals surface area contributed by atoms with E-state index in [1.807, 2.05) is 36.4 Å². The predicted octanol–water partition coefficient (Wildman–Crippen LogP) is 4.07. The van der Waals surface area contributed by atoms with Crippen molar-refractivity contribution in [3.05, 3.63) is 96.1 Å². The van der Waals surface area contributed by atoms with Gasteiger partial charge in [0.25, 0.3) is 11.8 Å². The van der Waals surface area contributed by atoms with Crippen LogP contribution in [0.1, 0.15) is 20.7 Å². The van der Waals surface area contributed by atoms with Gasteiger partial charge in [0.1, 0.15) is 0 Å². The number of thiocarbonyl (C=S) groups is 1. The maximum absolute atomic E-state index is 12.4. The molecule has 27 heavy (non-hydrogen) atoms. The summed E-state index contributed by atoms with van der Waals surface area (Å²) in [5, 5.41) is 8.52. The summed E-state index contributed by atoms with van der Waals surface area (Å²) < 4.78 is 0. The van der Waals surface area contributed by atoms with Gasteiger partial charge in [-0.1, -0.05) is 42.5 Å². The van der Waals surface area contributed by atoms with E-state index in [4.69, 9.17) is 12.2 Å². The molecule has 0 saturated carbocycles. The van der Waals surface area contributed by atoms with Gasteiger partial charge in [0.2, 0.25) is 0 Å². The summed E-state index contributed by atoms with van der Waals surface area (Å²) in [6.45, 7) is 0. The second kappa shape index (κ2) is 8.73. The molecule has 2 amide bonds. The second-order valence-electron chi connectivity index (χ2n) is 5.68. The van der Waals surface area contributed by atoms with Gasteiger partial charge in [0, 0.05) is 22.5 Å². The number of para-hydroxylation sites is 1. The number of hydrogen-bond acceptors (Lipinski definition) is 3. The standard InChI is InChI=1S/C21H17N3O2S/c25-19(15-8-3-1-4-9-15)24-21(27)23-18-13-7-10-16(14-18)20(26)22-17-11-5-2-6-12-17/h1-14H,(H,22,26)(H2,23,24,25,27). The highest BCUT2D eigenvalue weighted by Gasteiger charge is 2.09. The van der Waals surface area contributed by atoms with Crippen LogP contribution in [0.15, 0.2) is 84.9 Å². The van der Waals surface area contributed by atoms with Gasteiger partial charge < -0.3 is 10.6 Å². The Morgan fingerprint density at radius 1 is 0.630 bits per heavy atom. The van der Waals surface area contributed by atoms with Gasteiger partial charge in [-0.25, -0.2) is 0 Å². The number of rotatable bonds is 4. The van der Waals surface area contributed by atoms with Gasteiger partial charge in [0.15, 0.2) is 5.11 Å². The highest BCUT2D eigenvalue weighted by atomic mass is 32.1. The number of nitrogens with one attached hydrogen (secondary N) is 3. The Morgan fingerprint density at radius 2 is 1.22 bits per heavy atom. The lowest BCUT2D eigenvalue weighted by Crippen LogP contribution is -2.34. The Kier molecular flexibility index (Phi) is 5.91. The third kappa shape index (κ3) is 5.23. The van der Waals surface area contributed by atoms with E-state index in [1.165, 1.54) is 0 Å². The zero-order chi connectivity index (χ0) is 19.1. The number of carbonyl (C=O) groups excluding carboxylic acids is 2. The van der Waals surface area contributed by atoms with Gasteiger partial charge in [-0.05, 0) is 54.7 Å². The minimum atomic E-state index is -0.300. The van der Waals surface area contributed by atoms with Gasteiger partial charge in [-0.3, -0.25) is 14.9 Å². The van der Waals surface area contributed by atoms with Crippen LogP contribution in [0, 0.1) is 0 Å². The first-order valence-corrected chi connectivity index (χ1v) is 8.66. The lowest BCUT2D eigenvalue weighted by atomic mass is 10.2. The van der Waals surface area contributed by atoms with Crippen LogP contribution in [0.25, 0.3) is 0 Å². The summed E-state index contributed by atoms with van der Waals surface area (Å²) in [5.41, 5.74) is 2.30. The van der Waals surface area contributed by atoms with Crippen molar-refractivity contribution in [2.75, 3.05) is 10.6 Å². The van der Waals surface area contributed by atoms with Crippen LogP contribution in [0.4, 0.5) is 11.4 Å². The summed E-state index contributed by atoms with van der Waals surface area (Å²) in [5.74, 6) is -0.532. The minimum absolute atomic E-state index is 0.157. The normalized spacial score (nSPS) is 9.93. The third-order valence-corrected chi connectivity index (χ3v) is 3.88. The Labute approximate surface area is 162 Å². The molecule has 3 aromatic carbocycles. The maximum Gasteiger partial charge on any atom is 0.257 e. The first kappa shape index (κ1) is 18.3. The van der Waals surface area contributed by atoms with Crippen molar-refractivity contribution >= 4 is 40.5 Å². The third-order valence-electron chi connectivity index (χ3n) is 3.68. The molecule has 0 fully saturated rings. The van der Waals surface area contributed by atoms with E-state index < -0.39 is 0 Å². The molecule has 5 nitrogen and oxygen atoms in total.